The molecule has 0 bridgehead atoms. The predicted octanol–water partition coefficient (Wildman–Crippen LogP) is 2.55. The second kappa shape index (κ2) is 10.1. The number of nitrogens with two attached hydrogens (primary N) is 1. The fourth-order valence-corrected chi connectivity index (χ4v) is 1.94. The number of nitrogens with one attached hydrogen (secondary N) is 2. The van der Waals surface area contributed by atoms with E-state index < -0.39 is 6.43 Å². The minimum absolute atomic E-state index is 0.0236. The molecule has 0 aliphatic rings. The minimum atomic E-state index is -2.53. The lowest BCUT2D eigenvalue weighted by atomic mass is 10.1. The van der Waals surface area contributed by atoms with E-state index in [1.807, 2.05) is 13.0 Å². The largest absolute Gasteiger partial charge is 0.473 e. The number of ether oxygens (including phenoxy) is 1. The third kappa shape index (κ3) is 5.81. The number of hydrogen-bond acceptors (Lipinski definition) is 5. The van der Waals surface area contributed by atoms with E-state index in [9.17, 15) is 8.78 Å². The van der Waals surface area contributed by atoms with Crippen LogP contribution in [-0.2, 0) is 11.4 Å². The zero-order valence-corrected chi connectivity index (χ0v) is 13.4. The van der Waals surface area contributed by atoms with Gasteiger partial charge in [0, 0.05) is 36.1 Å². The molecule has 0 spiro atoms. The van der Waals surface area contributed by atoms with Crippen molar-refractivity contribution in [3.05, 3.63) is 53.2 Å². The molecule has 2 rings (SSSR count). The van der Waals surface area contributed by atoms with Gasteiger partial charge in [-0.15, -0.1) is 0 Å². The maximum absolute atomic E-state index is 13.0. The Morgan fingerprint density at radius 2 is 2.08 bits per heavy atom. The molecule has 1 aromatic carbocycles. The van der Waals surface area contributed by atoms with Gasteiger partial charge in [-0.3, -0.25) is 10.2 Å². The molecule has 0 radical (unpaired) electrons. The Balaban J connectivity index is 0.000000648. The number of aromatic nitrogens is 1. The Hall–Kier alpha value is -2.74. The average molecular weight is 338 g/mol. The van der Waals surface area contributed by atoms with Gasteiger partial charge in [-0.2, -0.15) is 0 Å². The molecule has 0 aliphatic carbocycles. The lowest BCUT2D eigenvalue weighted by Gasteiger charge is -2.14. The van der Waals surface area contributed by atoms with Gasteiger partial charge in [0.25, 0.3) is 6.43 Å². The summed E-state index contributed by atoms with van der Waals surface area (Å²) in [6.07, 6.45) is -0.504. The quantitative estimate of drug-likeness (QED) is 0.326. The number of nitrogens with zero attached hydrogens (tertiary/aromatic N) is 1. The van der Waals surface area contributed by atoms with E-state index in [1.54, 1.807) is 36.9 Å². The van der Waals surface area contributed by atoms with Crippen LogP contribution < -0.4 is 21.3 Å². The fraction of sp³-hybridized carbons (Fsp3) is 0.250. The van der Waals surface area contributed by atoms with E-state index in [0.29, 0.717) is 23.5 Å². The Morgan fingerprint density at radius 1 is 1.38 bits per heavy atom. The molecule has 0 unspecified atom stereocenters. The summed E-state index contributed by atoms with van der Waals surface area (Å²) >= 11 is 0. The summed E-state index contributed by atoms with van der Waals surface area (Å²) < 4.78 is 31.6. The van der Waals surface area contributed by atoms with Crippen molar-refractivity contribution < 1.29 is 18.3 Å². The molecule has 0 aliphatic heterocycles. The van der Waals surface area contributed by atoms with Crippen LogP contribution in [0.25, 0.3) is 0 Å². The number of carbonyl (C=O) groups excluding carboxylic acids is 1. The van der Waals surface area contributed by atoms with Gasteiger partial charge < -0.3 is 10.1 Å². The zero-order valence-electron chi connectivity index (χ0n) is 13.4. The molecule has 0 saturated carbocycles. The molecule has 0 fully saturated rings. The zero-order chi connectivity index (χ0) is 17.9. The highest BCUT2D eigenvalue weighted by atomic mass is 19.3. The van der Waals surface area contributed by atoms with Crippen molar-refractivity contribution in [3.63, 3.8) is 0 Å². The van der Waals surface area contributed by atoms with Crippen LogP contribution >= 0.6 is 0 Å². The number of benzene rings is 1. The summed E-state index contributed by atoms with van der Waals surface area (Å²) in [5.74, 6) is 4.84. The highest BCUT2D eigenvalue weighted by molar-refractivity contribution is 5.54. The van der Waals surface area contributed by atoms with Crippen LogP contribution in [0.4, 0.5) is 14.5 Å². The van der Waals surface area contributed by atoms with Crippen LogP contribution in [0.15, 0.2) is 36.5 Å². The van der Waals surface area contributed by atoms with Gasteiger partial charge >= 0.3 is 0 Å². The SMILES string of the molecule is CNc1cccc(C(F)F)c1COc1cc(C)ccn1.NNC=O. The molecule has 4 N–H and O–H groups in total. The Labute approximate surface area is 139 Å². The molecule has 8 heteroatoms. The molecular formula is C16H20F2N4O2. The van der Waals surface area contributed by atoms with Gasteiger partial charge in [-0.25, -0.2) is 19.6 Å². The first-order valence-corrected chi connectivity index (χ1v) is 7.06. The lowest BCUT2D eigenvalue weighted by Crippen LogP contribution is -2.18. The number of alkyl halides is 2. The van der Waals surface area contributed by atoms with Crippen LogP contribution in [0.5, 0.6) is 5.88 Å². The van der Waals surface area contributed by atoms with Crippen LogP contribution in [0.1, 0.15) is 23.1 Å². The molecule has 1 aromatic heterocycles. The van der Waals surface area contributed by atoms with Crippen molar-refractivity contribution in [1.29, 1.82) is 0 Å². The second-order valence-electron chi connectivity index (χ2n) is 4.67. The molecule has 0 saturated heterocycles. The van der Waals surface area contributed by atoms with Crippen molar-refractivity contribution in [2.75, 3.05) is 12.4 Å². The highest BCUT2D eigenvalue weighted by Crippen LogP contribution is 2.29. The standard InChI is InChI=1S/C15H16F2N2O.CH4N2O/c1-10-6-7-19-14(8-10)20-9-12-11(15(16)17)4-3-5-13(12)18-2;2-3-1-4/h3-8,15,18H,9H2,1-2H3;1H,2H2,(H,3,4). The lowest BCUT2D eigenvalue weighted by molar-refractivity contribution is -0.109. The summed E-state index contributed by atoms with van der Waals surface area (Å²) in [5.41, 5.74) is 3.82. The summed E-state index contributed by atoms with van der Waals surface area (Å²) in [6.45, 7) is 1.97. The Kier molecular flexibility index (Phi) is 8.14. The van der Waals surface area contributed by atoms with E-state index in [0.717, 1.165) is 5.56 Å². The van der Waals surface area contributed by atoms with E-state index >= 15 is 0 Å². The van der Waals surface area contributed by atoms with E-state index in [1.165, 1.54) is 6.07 Å². The number of pyridine rings is 1. The molecule has 1 amide bonds. The molecule has 0 atom stereocenters. The van der Waals surface area contributed by atoms with Gasteiger partial charge in [-0.05, 0) is 24.6 Å². The van der Waals surface area contributed by atoms with Crippen LogP contribution in [0.2, 0.25) is 0 Å². The van der Waals surface area contributed by atoms with Crippen LogP contribution in [-0.4, -0.2) is 18.4 Å². The number of halogens is 2. The normalized spacial score (nSPS) is 9.75. The molecule has 130 valence electrons. The predicted molar refractivity (Wildman–Crippen MR) is 87.6 cm³/mol. The number of aryl methyl sites for hydroxylation is 1. The van der Waals surface area contributed by atoms with Gasteiger partial charge in [0.15, 0.2) is 0 Å². The Bertz CT molecular complexity index is 654. The van der Waals surface area contributed by atoms with Crippen molar-refractivity contribution in [1.82, 2.24) is 10.4 Å². The van der Waals surface area contributed by atoms with Gasteiger partial charge in [0.2, 0.25) is 12.3 Å². The second-order valence-corrected chi connectivity index (χ2v) is 4.67. The third-order valence-electron chi connectivity index (χ3n) is 3.04. The van der Waals surface area contributed by atoms with Gasteiger partial charge in [-0.1, -0.05) is 12.1 Å². The maximum Gasteiger partial charge on any atom is 0.264 e. The third-order valence-corrected chi connectivity index (χ3v) is 3.04. The number of amides is 1. The first kappa shape index (κ1) is 19.3. The van der Waals surface area contributed by atoms with Crippen LogP contribution in [0, 0.1) is 6.92 Å². The van der Waals surface area contributed by atoms with E-state index in [2.05, 4.69) is 16.1 Å². The first-order valence-electron chi connectivity index (χ1n) is 7.06. The van der Waals surface area contributed by atoms with Crippen molar-refractivity contribution >= 4 is 12.1 Å². The van der Waals surface area contributed by atoms with E-state index in [4.69, 9.17) is 9.53 Å². The molecule has 2 aromatic rings. The first-order chi connectivity index (χ1) is 11.5. The summed E-state index contributed by atoms with van der Waals surface area (Å²) in [4.78, 5) is 13.0. The summed E-state index contributed by atoms with van der Waals surface area (Å²) in [5, 5.41) is 2.90. The molecular weight excluding hydrogens is 318 g/mol. The maximum atomic E-state index is 13.0. The fourth-order valence-electron chi connectivity index (χ4n) is 1.94. The van der Waals surface area contributed by atoms with Crippen molar-refractivity contribution in [2.24, 2.45) is 5.84 Å². The average Bonchev–Trinajstić information content (AvgIpc) is 2.59. The molecule has 24 heavy (non-hydrogen) atoms. The molecule has 1 heterocycles. The number of anilines is 1. The number of carbonyl (C=O) groups is 1. The highest BCUT2D eigenvalue weighted by Gasteiger charge is 2.16. The summed E-state index contributed by atoms with van der Waals surface area (Å²) in [6, 6.07) is 8.37. The number of hydrogen-bond donors (Lipinski definition) is 3. The minimum Gasteiger partial charge on any atom is -0.473 e. The monoisotopic (exact) mass is 338 g/mol. The van der Waals surface area contributed by atoms with Gasteiger partial charge in [0.05, 0.1) is 0 Å². The molecule has 6 nitrogen and oxygen atoms in total. The van der Waals surface area contributed by atoms with Crippen LogP contribution in [0.3, 0.4) is 0 Å². The Morgan fingerprint density at radius 3 is 2.62 bits per heavy atom. The van der Waals surface area contributed by atoms with Crippen molar-refractivity contribution in [2.45, 2.75) is 20.0 Å². The van der Waals surface area contributed by atoms with E-state index in [-0.39, 0.29) is 12.2 Å². The smallest absolute Gasteiger partial charge is 0.264 e. The topological polar surface area (TPSA) is 89.3 Å². The number of hydrazine groups is 1. The van der Waals surface area contributed by atoms with Crippen molar-refractivity contribution in [3.8, 4) is 5.88 Å². The summed E-state index contributed by atoms with van der Waals surface area (Å²) in [7, 11) is 1.69. The number of rotatable bonds is 6. The van der Waals surface area contributed by atoms with Gasteiger partial charge in [0.1, 0.15) is 6.61 Å².